The fourth-order valence-electron chi connectivity index (χ4n) is 2.83. The van der Waals surface area contributed by atoms with Gasteiger partial charge in [0.1, 0.15) is 0 Å². The van der Waals surface area contributed by atoms with Gasteiger partial charge in [0.2, 0.25) is 0 Å². The van der Waals surface area contributed by atoms with Crippen molar-refractivity contribution in [1.29, 1.82) is 0 Å². The number of imidazole rings is 1. The van der Waals surface area contributed by atoms with Crippen LogP contribution in [-0.4, -0.2) is 15.6 Å². The van der Waals surface area contributed by atoms with Gasteiger partial charge in [-0.05, 0) is 43.4 Å². The molecule has 0 spiro atoms. The zero-order valence-corrected chi connectivity index (χ0v) is 12.4. The minimum absolute atomic E-state index is 0.514. The Morgan fingerprint density at radius 2 is 2.10 bits per heavy atom. The molecule has 1 heterocycles. The molecular weight excluding hydrogens is 246 g/mol. The van der Waals surface area contributed by atoms with E-state index in [1.807, 2.05) is 6.33 Å². The maximum Gasteiger partial charge on any atom is 0.0997 e. The second-order valence-corrected chi connectivity index (χ2v) is 5.92. The third kappa shape index (κ3) is 2.78. The van der Waals surface area contributed by atoms with Crippen molar-refractivity contribution < 1.29 is 0 Å². The van der Waals surface area contributed by atoms with E-state index in [9.17, 15) is 0 Å². The quantitative estimate of drug-likeness (QED) is 0.923. The summed E-state index contributed by atoms with van der Waals surface area (Å²) in [5, 5.41) is 3.47. The molecule has 3 heteroatoms. The number of nitrogens with one attached hydrogen (secondary N) is 1. The van der Waals surface area contributed by atoms with E-state index in [4.69, 9.17) is 0 Å². The maximum atomic E-state index is 4.58. The van der Waals surface area contributed by atoms with Gasteiger partial charge in [-0.25, -0.2) is 4.98 Å². The highest BCUT2D eigenvalue weighted by Gasteiger charge is 2.15. The lowest BCUT2D eigenvalue weighted by Gasteiger charge is -2.15. The van der Waals surface area contributed by atoms with Crippen molar-refractivity contribution in [2.45, 2.75) is 52.1 Å². The van der Waals surface area contributed by atoms with Gasteiger partial charge < -0.3 is 9.88 Å². The summed E-state index contributed by atoms with van der Waals surface area (Å²) in [7, 11) is 0. The van der Waals surface area contributed by atoms with Gasteiger partial charge >= 0.3 is 0 Å². The molecule has 3 nitrogen and oxygen atoms in total. The van der Waals surface area contributed by atoms with Gasteiger partial charge in [-0.3, -0.25) is 0 Å². The topological polar surface area (TPSA) is 29.9 Å². The normalized spacial score (nSPS) is 14.6. The predicted molar refractivity (Wildman–Crippen MR) is 82.2 cm³/mol. The smallest absolute Gasteiger partial charge is 0.0997 e. The van der Waals surface area contributed by atoms with Crippen LogP contribution in [0.25, 0.3) is 5.69 Å². The molecule has 0 radical (unpaired) electrons. The number of benzene rings is 1. The van der Waals surface area contributed by atoms with Crippen LogP contribution in [0.15, 0.2) is 30.6 Å². The lowest BCUT2D eigenvalue weighted by atomic mass is 10.0. The number of hydrogen-bond acceptors (Lipinski definition) is 2. The number of hydrogen-bond donors (Lipinski definition) is 1. The SMILES string of the molecule is CC(C)NCc1cccc(-n2cnc3c2CCCC3)c1. The predicted octanol–water partition coefficient (Wildman–Crippen LogP) is 3.25. The second kappa shape index (κ2) is 5.80. The Balaban J connectivity index is 1.86. The first-order chi connectivity index (χ1) is 9.74. The maximum absolute atomic E-state index is 4.58. The van der Waals surface area contributed by atoms with Crippen LogP contribution in [0.4, 0.5) is 0 Å². The van der Waals surface area contributed by atoms with Crippen LogP contribution >= 0.6 is 0 Å². The van der Waals surface area contributed by atoms with Gasteiger partial charge in [0.25, 0.3) is 0 Å². The molecule has 1 N–H and O–H groups in total. The molecular formula is C17H23N3. The Bertz CT molecular complexity index is 584. The molecule has 1 aliphatic carbocycles. The van der Waals surface area contributed by atoms with E-state index in [2.05, 4.69) is 53.0 Å². The summed E-state index contributed by atoms with van der Waals surface area (Å²) in [6, 6.07) is 9.28. The van der Waals surface area contributed by atoms with Crippen molar-refractivity contribution in [3.05, 3.63) is 47.5 Å². The van der Waals surface area contributed by atoms with E-state index in [0.717, 1.165) is 19.4 Å². The summed E-state index contributed by atoms with van der Waals surface area (Å²) >= 11 is 0. The summed E-state index contributed by atoms with van der Waals surface area (Å²) in [6.45, 7) is 5.27. The summed E-state index contributed by atoms with van der Waals surface area (Å²) in [6.07, 6.45) is 6.85. The average molecular weight is 269 g/mol. The number of rotatable bonds is 4. The van der Waals surface area contributed by atoms with Gasteiger partial charge in [-0.2, -0.15) is 0 Å². The molecule has 3 rings (SSSR count). The third-order valence-electron chi connectivity index (χ3n) is 3.93. The summed E-state index contributed by atoms with van der Waals surface area (Å²) in [4.78, 5) is 4.58. The minimum Gasteiger partial charge on any atom is -0.310 e. The molecule has 106 valence electrons. The fraction of sp³-hybridized carbons (Fsp3) is 0.471. The van der Waals surface area contributed by atoms with Crippen LogP contribution in [0, 0.1) is 0 Å². The third-order valence-corrected chi connectivity index (χ3v) is 3.93. The van der Waals surface area contributed by atoms with Gasteiger partial charge in [0.15, 0.2) is 0 Å². The van der Waals surface area contributed by atoms with Crippen molar-refractivity contribution in [2.75, 3.05) is 0 Å². The molecule has 0 fully saturated rings. The molecule has 0 saturated heterocycles. The molecule has 1 aromatic heterocycles. The fourth-order valence-corrected chi connectivity index (χ4v) is 2.83. The van der Waals surface area contributed by atoms with Crippen LogP contribution in [-0.2, 0) is 19.4 Å². The molecule has 0 atom stereocenters. The summed E-state index contributed by atoms with van der Waals surface area (Å²) in [5.74, 6) is 0. The lowest BCUT2D eigenvalue weighted by Crippen LogP contribution is -2.21. The van der Waals surface area contributed by atoms with Crippen LogP contribution in [0.1, 0.15) is 43.6 Å². The average Bonchev–Trinajstić information content (AvgIpc) is 2.89. The van der Waals surface area contributed by atoms with Crippen molar-refractivity contribution in [3.8, 4) is 5.69 Å². The molecule has 20 heavy (non-hydrogen) atoms. The molecule has 0 unspecified atom stereocenters. The van der Waals surface area contributed by atoms with E-state index in [1.165, 1.54) is 35.5 Å². The zero-order chi connectivity index (χ0) is 13.9. The Hall–Kier alpha value is -1.61. The van der Waals surface area contributed by atoms with Crippen molar-refractivity contribution >= 4 is 0 Å². The first-order valence-corrected chi connectivity index (χ1v) is 7.62. The number of aromatic nitrogens is 2. The largest absolute Gasteiger partial charge is 0.310 e. The first-order valence-electron chi connectivity index (χ1n) is 7.62. The molecule has 0 saturated carbocycles. The monoisotopic (exact) mass is 269 g/mol. The van der Waals surface area contributed by atoms with Crippen LogP contribution in [0.3, 0.4) is 0 Å². The Morgan fingerprint density at radius 3 is 2.95 bits per heavy atom. The van der Waals surface area contributed by atoms with Gasteiger partial charge in [0, 0.05) is 24.0 Å². The highest BCUT2D eigenvalue weighted by Crippen LogP contribution is 2.23. The van der Waals surface area contributed by atoms with E-state index in [1.54, 1.807) is 0 Å². The minimum atomic E-state index is 0.514. The van der Waals surface area contributed by atoms with Crippen molar-refractivity contribution in [3.63, 3.8) is 0 Å². The molecule has 0 bridgehead atoms. The molecule has 1 aromatic carbocycles. The Kier molecular flexibility index (Phi) is 3.88. The Labute approximate surface area is 121 Å². The zero-order valence-electron chi connectivity index (χ0n) is 12.4. The van der Waals surface area contributed by atoms with Crippen LogP contribution < -0.4 is 5.32 Å². The van der Waals surface area contributed by atoms with Crippen molar-refractivity contribution in [2.24, 2.45) is 0 Å². The number of fused-ring (bicyclic) bond motifs is 1. The van der Waals surface area contributed by atoms with Crippen molar-refractivity contribution in [1.82, 2.24) is 14.9 Å². The van der Waals surface area contributed by atoms with Crippen LogP contribution in [0.2, 0.25) is 0 Å². The van der Waals surface area contributed by atoms with Crippen LogP contribution in [0.5, 0.6) is 0 Å². The van der Waals surface area contributed by atoms with E-state index < -0.39 is 0 Å². The number of nitrogens with zero attached hydrogens (tertiary/aromatic N) is 2. The summed E-state index contributed by atoms with van der Waals surface area (Å²) < 4.78 is 2.27. The standard InChI is InChI=1S/C17H23N3/c1-13(2)18-11-14-6-5-7-15(10-14)20-12-19-16-8-3-4-9-17(16)20/h5-7,10,12-13,18H,3-4,8-9,11H2,1-2H3. The van der Waals surface area contributed by atoms with E-state index in [-0.39, 0.29) is 0 Å². The van der Waals surface area contributed by atoms with Gasteiger partial charge in [-0.1, -0.05) is 26.0 Å². The highest BCUT2D eigenvalue weighted by atomic mass is 15.1. The summed E-state index contributed by atoms with van der Waals surface area (Å²) in [5.41, 5.74) is 5.27. The molecule has 0 amide bonds. The molecule has 0 aliphatic heterocycles. The highest BCUT2D eigenvalue weighted by molar-refractivity contribution is 5.39. The number of aryl methyl sites for hydroxylation is 1. The second-order valence-electron chi connectivity index (χ2n) is 5.92. The van der Waals surface area contributed by atoms with Gasteiger partial charge in [0.05, 0.1) is 12.0 Å². The Morgan fingerprint density at radius 1 is 1.25 bits per heavy atom. The first kappa shape index (κ1) is 13.4. The van der Waals surface area contributed by atoms with Gasteiger partial charge in [-0.15, -0.1) is 0 Å². The lowest BCUT2D eigenvalue weighted by molar-refractivity contribution is 0.588. The van der Waals surface area contributed by atoms with E-state index >= 15 is 0 Å². The molecule has 2 aromatic rings. The van der Waals surface area contributed by atoms with E-state index in [0.29, 0.717) is 6.04 Å². The molecule has 1 aliphatic rings.